The minimum Gasteiger partial charge on any atom is -0.378 e. The Labute approximate surface area is 112 Å². The van der Waals surface area contributed by atoms with Gasteiger partial charge in [-0.3, -0.25) is 4.90 Å². The normalized spacial score (nSPS) is 17.8. The Bertz CT molecular complexity index is 430. The topological polar surface area (TPSA) is 49.1 Å². The van der Waals surface area contributed by atoms with Crippen LogP contribution in [-0.4, -0.2) is 30.1 Å². The van der Waals surface area contributed by atoms with Gasteiger partial charge in [0.25, 0.3) is 0 Å². The molecule has 0 saturated carbocycles. The average molecular weight is 265 g/mol. The van der Waals surface area contributed by atoms with Gasteiger partial charge in [-0.05, 0) is 31.8 Å². The standard InChI is InChI=1S/C13H19N3OS/c1-10-3-5-16(6-4-10)8-13-15-11(9-17-2)12(7-14)18-13/h10H,3-6,8-9H2,1-2H3. The van der Waals surface area contributed by atoms with Gasteiger partial charge in [-0.15, -0.1) is 11.3 Å². The fourth-order valence-corrected chi connectivity index (χ4v) is 3.11. The summed E-state index contributed by atoms with van der Waals surface area (Å²) in [5, 5.41) is 10.1. The molecule has 0 N–H and O–H groups in total. The Morgan fingerprint density at radius 1 is 1.50 bits per heavy atom. The van der Waals surface area contributed by atoms with Gasteiger partial charge in [0.15, 0.2) is 0 Å². The maximum absolute atomic E-state index is 9.05. The molecule has 0 spiro atoms. The van der Waals surface area contributed by atoms with Crippen LogP contribution in [0.2, 0.25) is 0 Å². The van der Waals surface area contributed by atoms with Crippen molar-refractivity contribution >= 4 is 11.3 Å². The number of ether oxygens (including phenoxy) is 1. The van der Waals surface area contributed by atoms with Crippen LogP contribution in [0.5, 0.6) is 0 Å². The zero-order valence-corrected chi connectivity index (χ0v) is 11.8. The highest BCUT2D eigenvalue weighted by atomic mass is 32.1. The Balaban J connectivity index is 1.99. The number of aromatic nitrogens is 1. The van der Waals surface area contributed by atoms with Crippen LogP contribution < -0.4 is 0 Å². The third-order valence-corrected chi connectivity index (χ3v) is 4.35. The molecule has 2 rings (SSSR count). The summed E-state index contributed by atoms with van der Waals surface area (Å²) < 4.78 is 5.07. The molecule has 0 atom stereocenters. The number of likely N-dealkylation sites (tertiary alicyclic amines) is 1. The molecule has 0 radical (unpaired) electrons. The van der Waals surface area contributed by atoms with E-state index < -0.39 is 0 Å². The van der Waals surface area contributed by atoms with Crippen LogP contribution in [0.3, 0.4) is 0 Å². The molecule has 1 aromatic heterocycles. The summed E-state index contributed by atoms with van der Waals surface area (Å²) >= 11 is 1.50. The van der Waals surface area contributed by atoms with Gasteiger partial charge in [-0.1, -0.05) is 6.92 Å². The van der Waals surface area contributed by atoms with Gasteiger partial charge in [0.1, 0.15) is 16.0 Å². The Hall–Kier alpha value is -0.960. The number of hydrogen-bond acceptors (Lipinski definition) is 5. The van der Waals surface area contributed by atoms with Gasteiger partial charge in [-0.2, -0.15) is 5.26 Å². The van der Waals surface area contributed by atoms with Gasteiger partial charge < -0.3 is 4.74 Å². The van der Waals surface area contributed by atoms with Gasteiger partial charge in [0.05, 0.1) is 18.8 Å². The van der Waals surface area contributed by atoms with Gasteiger partial charge in [0, 0.05) is 7.11 Å². The van der Waals surface area contributed by atoms with E-state index in [1.807, 2.05) is 0 Å². The van der Waals surface area contributed by atoms with Crippen molar-refractivity contribution in [2.45, 2.75) is 32.9 Å². The summed E-state index contributed by atoms with van der Waals surface area (Å²) in [6, 6.07) is 2.20. The molecule has 1 aliphatic heterocycles. The molecule has 0 aromatic carbocycles. The zero-order chi connectivity index (χ0) is 13.0. The van der Waals surface area contributed by atoms with E-state index in [1.54, 1.807) is 7.11 Å². The Morgan fingerprint density at radius 3 is 2.83 bits per heavy atom. The maximum Gasteiger partial charge on any atom is 0.130 e. The molecule has 5 heteroatoms. The smallest absolute Gasteiger partial charge is 0.130 e. The summed E-state index contributed by atoms with van der Waals surface area (Å²) in [5.41, 5.74) is 0.783. The SMILES string of the molecule is COCc1nc(CN2CCC(C)CC2)sc1C#N. The zero-order valence-electron chi connectivity index (χ0n) is 11.0. The van der Waals surface area contributed by atoms with Crippen LogP contribution >= 0.6 is 11.3 Å². The number of piperidine rings is 1. The third-order valence-electron chi connectivity index (χ3n) is 3.36. The summed E-state index contributed by atoms with van der Waals surface area (Å²) in [4.78, 5) is 7.63. The van der Waals surface area contributed by atoms with E-state index in [1.165, 1.54) is 24.2 Å². The molecule has 1 fully saturated rings. The molecule has 0 bridgehead atoms. The van der Waals surface area contributed by atoms with E-state index in [0.717, 1.165) is 36.3 Å². The fraction of sp³-hybridized carbons (Fsp3) is 0.692. The first-order chi connectivity index (χ1) is 8.72. The van der Waals surface area contributed by atoms with E-state index in [-0.39, 0.29) is 0 Å². The molecular formula is C13H19N3OS. The second-order valence-corrected chi connectivity index (χ2v) is 5.97. The molecule has 18 heavy (non-hydrogen) atoms. The number of methoxy groups -OCH3 is 1. The number of nitrogens with zero attached hydrogens (tertiary/aromatic N) is 3. The van der Waals surface area contributed by atoms with Crippen LogP contribution in [0, 0.1) is 17.2 Å². The van der Waals surface area contributed by atoms with Crippen molar-refractivity contribution in [1.29, 1.82) is 5.26 Å². The van der Waals surface area contributed by atoms with E-state index in [9.17, 15) is 0 Å². The number of hydrogen-bond donors (Lipinski definition) is 0. The van der Waals surface area contributed by atoms with Crippen LogP contribution in [0.15, 0.2) is 0 Å². The molecular weight excluding hydrogens is 246 g/mol. The molecule has 0 unspecified atom stereocenters. The summed E-state index contributed by atoms with van der Waals surface area (Å²) in [6.45, 7) is 5.89. The highest BCUT2D eigenvalue weighted by Crippen LogP contribution is 2.22. The van der Waals surface area contributed by atoms with E-state index in [0.29, 0.717) is 11.5 Å². The lowest BCUT2D eigenvalue weighted by Gasteiger charge is -2.29. The van der Waals surface area contributed by atoms with Crippen LogP contribution in [0.25, 0.3) is 0 Å². The van der Waals surface area contributed by atoms with Crippen molar-refractivity contribution in [1.82, 2.24) is 9.88 Å². The fourth-order valence-electron chi connectivity index (χ4n) is 2.20. The molecule has 0 amide bonds. The first-order valence-corrected chi connectivity index (χ1v) is 7.14. The number of thiazole rings is 1. The van der Waals surface area contributed by atoms with Crippen molar-refractivity contribution in [2.75, 3.05) is 20.2 Å². The Morgan fingerprint density at radius 2 is 2.22 bits per heavy atom. The average Bonchev–Trinajstić information content (AvgIpc) is 2.75. The van der Waals surface area contributed by atoms with Crippen molar-refractivity contribution < 1.29 is 4.74 Å². The van der Waals surface area contributed by atoms with E-state index >= 15 is 0 Å². The van der Waals surface area contributed by atoms with Crippen molar-refractivity contribution in [3.05, 3.63) is 15.6 Å². The molecule has 98 valence electrons. The Kier molecular flexibility index (Phi) is 4.70. The molecule has 1 aliphatic rings. The van der Waals surface area contributed by atoms with Crippen LogP contribution in [-0.2, 0) is 17.9 Å². The minimum absolute atomic E-state index is 0.427. The van der Waals surface area contributed by atoms with Crippen LogP contribution in [0.4, 0.5) is 0 Å². The largest absolute Gasteiger partial charge is 0.378 e. The number of rotatable bonds is 4. The van der Waals surface area contributed by atoms with Gasteiger partial charge >= 0.3 is 0 Å². The highest BCUT2D eigenvalue weighted by molar-refractivity contribution is 7.12. The molecule has 2 heterocycles. The monoisotopic (exact) mass is 265 g/mol. The molecule has 0 aliphatic carbocycles. The lowest BCUT2D eigenvalue weighted by molar-refractivity contribution is 0.178. The third kappa shape index (κ3) is 3.29. The second kappa shape index (κ2) is 6.28. The first kappa shape index (κ1) is 13.5. The van der Waals surface area contributed by atoms with Crippen molar-refractivity contribution in [3.63, 3.8) is 0 Å². The highest BCUT2D eigenvalue weighted by Gasteiger charge is 2.18. The summed E-state index contributed by atoms with van der Waals surface area (Å²) in [7, 11) is 1.63. The molecule has 4 nitrogen and oxygen atoms in total. The minimum atomic E-state index is 0.427. The quantitative estimate of drug-likeness (QED) is 0.838. The number of nitriles is 1. The first-order valence-electron chi connectivity index (χ1n) is 6.33. The summed E-state index contributed by atoms with van der Waals surface area (Å²) in [6.07, 6.45) is 2.53. The second-order valence-electron chi connectivity index (χ2n) is 4.89. The van der Waals surface area contributed by atoms with Gasteiger partial charge in [-0.25, -0.2) is 4.98 Å². The van der Waals surface area contributed by atoms with E-state index in [2.05, 4.69) is 22.9 Å². The lowest BCUT2D eigenvalue weighted by atomic mass is 9.99. The van der Waals surface area contributed by atoms with E-state index in [4.69, 9.17) is 10.00 Å². The van der Waals surface area contributed by atoms with Gasteiger partial charge in [0.2, 0.25) is 0 Å². The van der Waals surface area contributed by atoms with Crippen molar-refractivity contribution in [3.8, 4) is 6.07 Å². The predicted octanol–water partition coefficient (Wildman–Crippen LogP) is 2.39. The van der Waals surface area contributed by atoms with Crippen molar-refractivity contribution in [2.24, 2.45) is 5.92 Å². The summed E-state index contributed by atoms with van der Waals surface area (Å²) in [5.74, 6) is 0.844. The molecule has 1 aromatic rings. The maximum atomic E-state index is 9.05. The molecule has 1 saturated heterocycles. The lowest BCUT2D eigenvalue weighted by Crippen LogP contribution is -2.32. The predicted molar refractivity (Wildman–Crippen MR) is 71.2 cm³/mol. The van der Waals surface area contributed by atoms with Crippen LogP contribution in [0.1, 0.15) is 35.3 Å².